The molecule has 0 radical (unpaired) electrons. The monoisotopic (exact) mass is 453 g/mol. The first kappa shape index (κ1) is 23.4. The molecular formula is C25H35N5O3. The van der Waals surface area contributed by atoms with E-state index in [2.05, 4.69) is 14.9 Å². The van der Waals surface area contributed by atoms with Crippen molar-refractivity contribution in [2.75, 3.05) is 57.8 Å². The van der Waals surface area contributed by atoms with E-state index in [0.717, 1.165) is 36.9 Å². The van der Waals surface area contributed by atoms with Gasteiger partial charge in [0.15, 0.2) is 0 Å². The van der Waals surface area contributed by atoms with Crippen molar-refractivity contribution in [3.05, 3.63) is 47.9 Å². The smallest absolute Gasteiger partial charge is 0.253 e. The molecule has 1 aromatic carbocycles. The fourth-order valence-electron chi connectivity index (χ4n) is 4.70. The molecule has 0 saturated carbocycles. The summed E-state index contributed by atoms with van der Waals surface area (Å²) >= 11 is 0. The Morgan fingerprint density at radius 2 is 1.91 bits per heavy atom. The van der Waals surface area contributed by atoms with E-state index in [1.165, 1.54) is 19.3 Å². The molecule has 0 aliphatic carbocycles. The second-order valence-corrected chi connectivity index (χ2v) is 9.35. The van der Waals surface area contributed by atoms with Crippen LogP contribution in [0.25, 0.3) is 0 Å². The number of β-amino-alcohol motifs (C(OH)–C–C–N with tert-alkyl or cyclic N) is 1. The molecule has 2 fully saturated rings. The van der Waals surface area contributed by atoms with Crippen LogP contribution in [0.2, 0.25) is 0 Å². The minimum absolute atomic E-state index is 0.111. The van der Waals surface area contributed by atoms with Crippen LogP contribution in [0.4, 0.5) is 5.82 Å². The van der Waals surface area contributed by atoms with E-state index in [4.69, 9.17) is 4.74 Å². The van der Waals surface area contributed by atoms with Crippen molar-refractivity contribution in [2.45, 2.75) is 38.2 Å². The summed E-state index contributed by atoms with van der Waals surface area (Å²) in [6.45, 7) is 7.23. The van der Waals surface area contributed by atoms with Crippen molar-refractivity contribution in [1.29, 1.82) is 0 Å². The Labute approximate surface area is 196 Å². The molecule has 2 aliphatic rings. The molecule has 1 N–H and O–H groups in total. The van der Waals surface area contributed by atoms with Gasteiger partial charge in [0.05, 0.1) is 6.54 Å². The van der Waals surface area contributed by atoms with Crippen molar-refractivity contribution in [1.82, 2.24) is 19.8 Å². The number of hydrogen-bond acceptors (Lipinski definition) is 7. The highest BCUT2D eigenvalue weighted by molar-refractivity contribution is 5.94. The maximum atomic E-state index is 12.9. The Morgan fingerprint density at radius 3 is 2.64 bits per heavy atom. The lowest BCUT2D eigenvalue weighted by molar-refractivity contribution is 0.0264. The molecule has 8 heteroatoms. The predicted octanol–water partition coefficient (Wildman–Crippen LogP) is 2.36. The van der Waals surface area contributed by atoms with Gasteiger partial charge in [-0.25, -0.2) is 9.97 Å². The number of anilines is 1. The zero-order chi connectivity index (χ0) is 23.3. The molecule has 2 saturated heterocycles. The van der Waals surface area contributed by atoms with Gasteiger partial charge in [0.1, 0.15) is 30.1 Å². The molecule has 1 amide bonds. The normalized spacial score (nSPS) is 21.2. The van der Waals surface area contributed by atoms with Gasteiger partial charge in [-0.3, -0.25) is 9.69 Å². The van der Waals surface area contributed by atoms with Crippen molar-refractivity contribution < 1.29 is 14.6 Å². The van der Waals surface area contributed by atoms with Crippen LogP contribution in [0.3, 0.4) is 0 Å². The quantitative estimate of drug-likeness (QED) is 0.657. The standard InChI is InChI=1S/C25H35N5O3/c1-20-16-23(27-19-26-20)30-13-10-25(32,18-30)17-28(2)24(31)21-6-8-22(9-7-21)33-15-14-29-11-4-3-5-12-29/h6-9,16,19,32H,3-5,10-15,17-18H2,1-2H3. The highest BCUT2D eigenvalue weighted by Gasteiger charge is 2.38. The molecular weight excluding hydrogens is 418 g/mol. The van der Waals surface area contributed by atoms with Crippen LogP contribution in [-0.4, -0.2) is 89.3 Å². The van der Waals surface area contributed by atoms with Crippen LogP contribution in [0.5, 0.6) is 5.75 Å². The summed E-state index contributed by atoms with van der Waals surface area (Å²) in [5.74, 6) is 1.47. The summed E-state index contributed by atoms with van der Waals surface area (Å²) in [5, 5.41) is 11.1. The van der Waals surface area contributed by atoms with Crippen molar-refractivity contribution in [2.24, 2.45) is 0 Å². The number of aliphatic hydroxyl groups is 1. The highest BCUT2D eigenvalue weighted by Crippen LogP contribution is 2.27. The SMILES string of the molecule is Cc1cc(N2CCC(O)(CN(C)C(=O)c3ccc(OCCN4CCCCC4)cc3)C2)ncn1. The highest BCUT2D eigenvalue weighted by atomic mass is 16.5. The Kier molecular flexibility index (Phi) is 7.45. The number of benzene rings is 1. The molecule has 1 unspecified atom stereocenters. The molecule has 178 valence electrons. The molecule has 1 aromatic heterocycles. The molecule has 1 atom stereocenters. The summed E-state index contributed by atoms with van der Waals surface area (Å²) in [6.07, 6.45) is 6.00. The van der Waals surface area contributed by atoms with Gasteiger partial charge in [0, 0.05) is 44.0 Å². The minimum Gasteiger partial charge on any atom is -0.492 e. The molecule has 0 bridgehead atoms. The van der Waals surface area contributed by atoms with Crippen LogP contribution in [0.1, 0.15) is 41.7 Å². The number of hydrogen-bond donors (Lipinski definition) is 1. The first-order chi connectivity index (χ1) is 15.9. The van der Waals surface area contributed by atoms with Gasteiger partial charge in [-0.15, -0.1) is 0 Å². The maximum absolute atomic E-state index is 12.9. The molecule has 3 heterocycles. The number of likely N-dealkylation sites (N-methyl/N-ethyl adjacent to an activating group) is 1. The van der Waals surface area contributed by atoms with Gasteiger partial charge in [0.25, 0.3) is 5.91 Å². The van der Waals surface area contributed by atoms with E-state index in [0.29, 0.717) is 31.7 Å². The van der Waals surface area contributed by atoms with Gasteiger partial charge < -0.3 is 19.6 Å². The lowest BCUT2D eigenvalue weighted by Gasteiger charge is -2.29. The average molecular weight is 454 g/mol. The van der Waals surface area contributed by atoms with Crippen LogP contribution in [0, 0.1) is 6.92 Å². The number of amides is 1. The molecule has 33 heavy (non-hydrogen) atoms. The van der Waals surface area contributed by atoms with Crippen LogP contribution in [-0.2, 0) is 0 Å². The Balaban J connectivity index is 1.27. The molecule has 2 aromatic rings. The van der Waals surface area contributed by atoms with E-state index >= 15 is 0 Å². The maximum Gasteiger partial charge on any atom is 0.253 e. The van der Waals surface area contributed by atoms with Gasteiger partial charge in [-0.2, -0.15) is 0 Å². The lowest BCUT2D eigenvalue weighted by atomic mass is 10.0. The Morgan fingerprint density at radius 1 is 1.15 bits per heavy atom. The van der Waals surface area contributed by atoms with Gasteiger partial charge in [-0.05, 0) is 63.5 Å². The predicted molar refractivity (Wildman–Crippen MR) is 128 cm³/mol. The van der Waals surface area contributed by atoms with Crippen molar-refractivity contribution in [3.8, 4) is 5.75 Å². The number of aromatic nitrogens is 2. The van der Waals surface area contributed by atoms with Crippen molar-refractivity contribution in [3.63, 3.8) is 0 Å². The molecule has 4 rings (SSSR count). The molecule has 2 aliphatic heterocycles. The van der Waals surface area contributed by atoms with Gasteiger partial charge in [0.2, 0.25) is 0 Å². The zero-order valence-corrected chi connectivity index (χ0v) is 19.7. The summed E-state index contributed by atoms with van der Waals surface area (Å²) < 4.78 is 5.87. The number of likely N-dealkylation sites (tertiary alicyclic amines) is 1. The summed E-state index contributed by atoms with van der Waals surface area (Å²) in [4.78, 5) is 27.5. The van der Waals surface area contributed by atoms with Crippen LogP contribution in [0.15, 0.2) is 36.7 Å². The van der Waals surface area contributed by atoms with E-state index < -0.39 is 5.60 Å². The van der Waals surface area contributed by atoms with Crippen LogP contribution < -0.4 is 9.64 Å². The molecule has 0 spiro atoms. The first-order valence-electron chi connectivity index (χ1n) is 11.9. The van der Waals surface area contributed by atoms with E-state index in [1.54, 1.807) is 30.4 Å². The third kappa shape index (κ3) is 6.21. The number of aryl methyl sites for hydroxylation is 1. The second kappa shape index (κ2) is 10.5. The molecule has 8 nitrogen and oxygen atoms in total. The zero-order valence-electron chi connectivity index (χ0n) is 19.7. The number of carbonyl (C=O) groups is 1. The van der Waals surface area contributed by atoms with E-state index in [1.807, 2.05) is 30.0 Å². The van der Waals surface area contributed by atoms with Crippen LogP contribution >= 0.6 is 0 Å². The average Bonchev–Trinajstić information content (AvgIpc) is 3.21. The van der Waals surface area contributed by atoms with Crippen molar-refractivity contribution >= 4 is 11.7 Å². The second-order valence-electron chi connectivity index (χ2n) is 9.35. The van der Waals surface area contributed by atoms with E-state index in [9.17, 15) is 9.90 Å². The fraction of sp³-hybridized carbons (Fsp3) is 0.560. The fourth-order valence-corrected chi connectivity index (χ4v) is 4.70. The first-order valence-corrected chi connectivity index (χ1v) is 11.9. The van der Waals surface area contributed by atoms with E-state index in [-0.39, 0.29) is 12.5 Å². The largest absolute Gasteiger partial charge is 0.492 e. The Hall–Kier alpha value is -2.71. The number of nitrogens with zero attached hydrogens (tertiary/aromatic N) is 5. The van der Waals surface area contributed by atoms with Gasteiger partial charge >= 0.3 is 0 Å². The Bertz CT molecular complexity index is 932. The number of rotatable bonds is 8. The minimum atomic E-state index is -0.971. The summed E-state index contributed by atoms with van der Waals surface area (Å²) in [6, 6.07) is 9.20. The summed E-state index contributed by atoms with van der Waals surface area (Å²) in [7, 11) is 1.74. The number of piperidine rings is 1. The third-order valence-electron chi connectivity index (χ3n) is 6.55. The third-order valence-corrected chi connectivity index (χ3v) is 6.55. The summed E-state index contributed by atoms with van der Waals surface area (Å²) in [5.41, 5.74) is 0.508. The lowest BCUT2D eigenvalue weighted by Crippen LogP contribution is -2.45. The number of ether oxygens (including phenoxy) is 1. The van der Waals surface area contributed by atoms with Gasteiger partial charge in [-0.1, -0.05) is 6.42 Å². The topological polar surface area (TPSA) is 82.0 Å². The number of carbonyl (C=O) groups excluding carboxylic acids is 1.